The molecule has 0 heterocycles. The highest BCUT2D eigenvalue weighted by Gasteiger charge is 1.94. The van der Waals surface area contributed by atoms with Crippen molar-refractivity contribution in [2.75, 3.05) is 92.4 Å². The second-order valence-electron chi connectivity index (χ2n) is 4.50. The molecule has 0 aromatic heterocycles. The van der Waals surface area contributed by atoms with Crippen LogP contribution in [0.3, 0.4) is 0 Å². The van der Waals surface area contributed by atoms with Gasteiger partial charge in [-0.05, 0) is 0 Å². The Hall–Kier alpha value is -0.740. The fourth-order valence-electron chi connectivity index (χ4n) is 1.48. The first kappa shape index (κ1) is 23.3. The molecule has 0 rings (SSSR count). The highest BCUT2D eigenvalue weighted by atomic mass is 16.6. The predicted molar refractivity (Wildman–Crippen MR) is 90.1 cm³/mol. The second-order valence-corrected chi connectivity index (χ2v) is 4.50. The average molecular weight is 351 g/mol. The molecule has 24 heavy (non-hydrogen) atoms. The van der Waals surface area contributed by atoms with Gasteiger partial charge in [-0.1, -0.05) is 6.58 Å². The molecule has 0 aliphatic rings. The van der Waals surface area contributed by atoms with E-state index < -0.39 is 0 Å². The van der Waals surface area contributed by atoms with Crippen molar-refractivity contribution in [1.29, 1.82) is 0 Å². The molecule has 144 valence electrons. The third-order valence-electron chi connectivity index (χ3n) is 2.59. The van der Waals surface area contributed by atoms with Gasteiger partial charge in [0.25, 0.3) is 0 Å². The van der Waals surface area contributed by atoms with Crippen molar-refractivity contribution in [3.05, 3.63) is 12.8 Å². The summed E-state index contributed by atoms with van der Waals surface area (Å²) in [5.41, 5.74) is 5.29. The van der Waals surface area contributed by atoms with Crippen LogP contribution in [-0.2, 0) is 33.2 Å². The van der Waals surface area contributed by atoms with Crippen molar-refractivity contribution in [3.63, 3.8) is 0 Å². The SMILES string of the molecule is C=COCCOCCOCCOCCOCCOCCOCCN. The van der Waals surface area contributed by atoms with Crippen LogP contribution in [0.15, 0.2) is 12.8 Å². The zero-order valence-corrected chi connectivity index (χ0v) is 14.6. The quantitative estimate of drug-likeness (QED) is 0.232. The van der Waals surface area contributed by atoms with Gasteiger partial charge in [-0.3, -0.25) is 0 Å². The van der Waals surface area contributed by atoms with E-state index in [9.17, 15) is 0 Å². The molecule has 2 N–H and O–H groups in total. The lowest BCUT2D eigenvalue weighted by Crippen LogP contribution is -2.15. The Labute approximate surface area is 145 Å². The molecule has 0 unspecified atom stereocenters. The van der Waals surface area contributed by atoms with Gasteiger partial charge in [0, 0.05) is 6.54 Å². The van der Waals surface area contributed by atoms with Crippen LogP contribution in [-0.4, -0.2) is 92.4 Å². The smallest absolute Gasteiger partial charge is 0.111 e. The predicted octanol–water partition coefficient (Wildman–Crippen LogP) is 0.205. The molecule has 8 heteroatoms. The van der Waals surface area contributed by atoms with E-state index in [1.54, 1.807) is 0 Å². The summed E-state index contributed by atoms with van der Waals surface area (Å²) in [4.78, 5) is 0. The van der Waals surface area contributed by atoms with E-state index in [4.69, 9.17) is 38.9 Å². The van der Waals surface area contributed by atoms with Crippen molar-refractivity contribution in [2.24, 2.45) is 5.73 Å². The van der Waals surface area contributed by atoms with E-state index in [-0.39, 0.29) is 0 Å². The first-order valence-electron chi connectivity index (χ1n) is 8.30. The number of ether oxygens (including phenoxy) is 7. The Morgan fingerprint density at radius 1 is 0.500 bits per heavy atom. The Bertz CT molecular complexity index is 244. The van der Waals surface area contributed by atoms with Crippen molar-refractivity contribution in [2.45, 2.75) is 0 Å². The van der Waals surface area contributed by atoms with Crippen molar-refractivity contribution >= 4 is 0 Å². The largest absolute Gasteiger partial charge is 0.499 e. The molecule has 0 saturated carbocycles. The summed E-state index contributed by atoms with van der Waals surface area (Å²) in [5, 5.41) is 0. The van der Waals surface area contributed by atoms with Crippen molar-refractivity contribution < 1.29 is 33.2 Å². The normalized spacial score (nSPS) is 10.9. The summed E-state index contributed by atoms with van der Waals surface area (Å²) in [6.07, 6.45) is 1.40. The van der Waals surface area contributed by atoms with E-state index in [1.165, 1.54) is 6.26 Å². The number of rotatable bonds is 21. The molecule has 0 fully saturated rings. The van der Waals surface area contributed by atoms with Crippen LogP contribution in [0.1, 0.15) is 0 Å². The minimum atomic E-state index is 0.514. The van der Waals surface area contributed by atoms with Crippen LogP contribution in [0.2, 0.25) is 0 Å². The number of hydrogen-bond acceptors (Lipinski definition) is 8. The van der Waals surface area contributed by atoms with Crippen LogP contribution < -0.4 is 5.73 Å². The van der Waals surface area contributed by atoms with Gasteiger partial charge >= 0.3 is 0 Å². The molecule has 0 spiro atoms. The van der Waals surface area contributed by atoms with Crippen LogP contribution in [0.4, 0.5) is 0 Å². The zero-order chi connectivity index (χ0) is 17.6. The summed E-state index contributed by atoms with van der Waals surface area (Å²) in [6.45, 7) is 11.1. The summed E-state index contributed by atoms with van der Waals surface area (Å²) >= 11 is 0. The molecule has 0 amide bonds. The monoisotopic (exact) mass is 351 g/mol. The second kappa shape index (κ2) is 22.3. The van der Waals surface area contributed by atoms with E-state index >= 15 is 0 Å². The standard InChI is InChI=1S/C16H33NO7/c1-2-18-5-6-20-9-10-22-13-14-24-16-15-23-12-11-21-8-7-19-4-3-17/h2H,1,3-17H2. The fraction of sp³-hybridized carbons (Fsp3) is 0.875. The molecular formula is C16H33NO7. The molecule has 0 aliphatic heterocycles. The Balaban J connectivity index is 2.94. The van der Waals surface area contributed by atoms with Crippen LogP contribution in [0.25, 0.3) is 0 Å². The van der Waals surface area contributed by atoms with Crippen LogP contribution >= 0.6 is 0 Å². The first-order valence-corrected chi connectivity index (χ1v) is 8.30. The van der Waals surface area contributed by atoms with Crippen LogP contribution in [0.5, 0.6) is 0 Å². The minimum Gasteiger partial charge on any atom is -0.499 e. The van der Waals surface area contributed by atoms with Crippen LogP contribution in [0, 0.1) is 0 Å². The lowest BCUT2D eigenvalue weighted by Gasteiger charge is -2.08. The molecular weight excluding hydrogens is 318 g/mol. The van der Waals surface area contributed by atoms with Gasteiger partial charge in [0.15, 0.2) is 0 Å². The lowest BCUT2D eigenvalue weighted by molar-refractivity contribution is -0.0181. The highest BCUT2D eigenvalue weighted by molar-refractivity contribution is 4.47. The molecule has 0 aromatic rings. The van der Waals surface area contributed by atoms with Crippen molar-refractivity contribution in [1.82, 2.24) is 0 Å². The maximum absolute atomic E-state index is 5.37. The molecule has 0 bridgehead atoms. The zero-order valence-electron chi connectivity index (χ0n) is 14.6. The topological polar surface area (TPSA) is 90.6 Å². The van der Waals surface area contributed by atoms with Gasteiger partial charge in [-0.15, -0.1) is 0 Å². The Morgan fingerprint density at radius 3 is 1.08 bits per heavy atom. The number of hydrogen-bond donors (Lipinski definition) is 1. The minimum absolute atomic E-state index is 0.514. The number of nitrogens with two attached hydrogens (primary N) is 1. The van der Waals surface area contributed by atoms with E-state index in [1.807, 2.05) is 0 Å². The molecule has 0 atom stereocenters. The van der Waals surface area contributed by atoms with E-state index in [0.29, 0.717) is 92.4 Å². The van der Waals surface area contributed by atoms with Gasteiger partial charge in [-0.2, -0.15) is 0 Å². The summed E-state index contributed by atoms with van der Waals surface area (Å²) < 4.78 is 36.8. The van der Waals surface area contributed by atoms with Gasteiger partial charge in [0.05, 0.1) is 85.5 Å². The highest BCUT2D eigenvalue weighted by Crippen LogP contribution is 1.85. The summed E-state index contributed by atoms with van der Waals surface area (Å²) in [7, 11) is 0. The third kappa shape index (κ3) is 21.3. The maximum atomic E-state index is 5.37. The van der Waals surface area contributed by atoms with Gasteiger partial charge in [0.2, 0.25) is 0 Å². The molecule has 0 radical (unpaired) electrons. The Kier molecular flexibility index (Phi) is 21.6. The summed E-state index contributed by atoms with van der Waals surface area (Å²) in [6, 6.07) is 0. The van der Waals surface area contributed by atoms with Gasteiger partial charge in [-0.25, -0.2) is 0 Å². The maximum Gasteiger partial charge on any atom is 0.111 e. The fourth-order valence-corrected chi connectivity index (χ4v) is 1.48. The van der Waals surface area contributed by atoms with Gasteiger partial charge < -0.3 is 38.9 Å². The molecule has 0 aromatic carbocycles. The summed E-state index contributed by atoms with van der Waals surface area (Å²) in [5.74, 6) is 0. The molecule has 0 saturated heterocycles. The first-order chi connectivity index (χ1) is 11.9. The lowest BCUT2D eigenvalue weighted by atomic mass is 10.6. The van der Waals surface area contributed by atoms with Crippen molar-refractivity contribution in [3.8, 4) is 0 Å². The van der Waals surface area contributed by atoms with Gasteiger partial charge in [0.1, 0.15) is 6.61 Å². The Morgan fingerprint density at radius 2 is 0.792 bits per heavy atom. The average Bonchev–Trinajstić information content (AvgIpc) is 2.60. The molecule has 8 nitrogen and oxygen atoms in total. The third-order valence-corrected chi connectivity index (χ3v) is 2.59. The molecule has 0 aliphatic carbocycles. The van der Waals surface area contributed by atoms with E-state index in [0.717, 1.165) is 0 Å². The van der Waals surface area contributed by atoms with E-state index in [2.05, 4.69) is 6.58 Å².